The molecule has 0 bridgehead atoms. The number of anilines is 1. The fourth-order valence-electron chi connectivity index (χ4n) is 3.84. The first-order valence-electron chi connectivity index (χ1n) is 11.3. The van der Waals surface area contributed by atoms with Crippen molar-refractivity contribution < 1.29 is 19.1 Å². The number of aliphatic hydroxyl groups is 1. The molecule has 0 saturated heterocycles. The van der Waals surface area contributed by atoms with E-state index in [0.717, 1.165) is 11.1 Å². The van der Waals surface area contributed by atoms with Crippen molar-refractivity contribution in [3.8, 4) is 11.5 Å². The zero-order valence-electron chi connectivity index (χ0n) is 19.8. The van der Waals surface area contributed by atoms with Gasteiger partial charge in [-0.1, -0.05) is 6.07 Å². The van der Waals surface area contributed by atoms with Gasteiger partial charge < -0.3 is 20.2 Å². The Kier molecular flexibility index (Phi) is 7.01. The van der Waals surface area contributed by atoms with Crippen LogP contribution in [0.5, 0.6) is 0 Å². The first-order chi connectivity index (χ1) is 16.8. The van der Waals surface area contributed by atoms with Crippen LogP contribution in [0.25, 0.3) is 11.5 Å². The van der Waals surface area contributed by atoms with E-state index in [4.69, 9.17) is 0 Å². The molecule has 2 aromatic heterocycles. The summed E-state index contributed by atoms with van der Waals surface area (Å²) >= 11 is 0. The molecule has 12 heteroatoms. The van der Waals surface area contributed by atoms with Crippen LogP contribution in [0.15, 0.2) is 30.3 Å². The van der Waals surface area contributed by atoms with Gasteiger partial charge in [-0.25, -0.2) is 18.9 Å². The monoisotopic (exact) mass is 482 g/mol. The number of fused-ring (bicyclic) bond motifs is 1. The molecule has 3 amide bonds. The third-order valence-electron chi connectivity index (χ3n) is 6.01. The van der Waals surface area contributed by atoms with Gasteiger partial charge in [-0.05, 0) is 66.1 Å². The van der Waals surface area contributed by atoms with E-state index >= 15 is 0 Å². The Labute approximate surface area is 201 Å². The molecule has 0 radical (unpaired) electrons. The Morgan fingerprint density at radius 3 is 2.83 bits per heavy atom. The van der Waals surface area contributed by atoms with Crippen molar-refractivity contribution in [3.63, 3.8) is 0 Å². The number of aromatic nitrogens is 5. The van der Waals surface area contributed by atoms with E-state index in [9.17, 15) is 19.1 Å². The van der Waals surface area contributed by atoms with Gasteiger partial charge in [0.25, 0.3) is 5.91 Å². The Balaban J connectivity index is 1.55. The predicted molar refractivity (Wildman–Crippen MR) is 125 cm³/mol. The molecule has 184 valence electrons. The summed E-state index contributed by atoms with van der Waals surface area (Å²) in [6, 6.07) is 7.29. The van der Waals surface area contributed by atoms with Gasteiger partial charge in [0, 0.05) is 26.7 Å². The van der Waals surface area contributed by atoms with Crippen molar-refractivity contribution in [1.29, 1.82) is 0 Å². The maximum Gasteiger partial charge on any atom is 0.320 e. The van der Waals surface area contributed by atoms with E-state index in [1.54, 1.807) is 42.0 Å². The lowest BCUT2D eigenvalue weighted by Gasteiger charge is -2.32. The maximum absolute atomic E-state index is 14.8. The maximum atomic E-state index is 14.8. The summed E-state index contributed by atoms with van der Waals surface area (Å²) in [6.07, 6.45) is 0.516. The van der Waals surface area contributed by atoms with Crippen LogP contribution in [0, 0.1) is 5.82 Å². The summed E-state index contributed by atoms with van der Waals surface area (Å²) in [6.45, 7) is 4.86. The standard InChI is InChI=1S/C23H27FN8O3/c1-4-30(3)23(35)31-9-8-15-11-18(24)17(10-16(15)12-31)22(34)26-20-7-5-6-19(25-20)21-27-28-29-32(21)14(2)13-33/h5-7,10-11,14,33H,4,8-9,12-13H2,1-3H3,(H,25,26,34)/t14-/m1/s1. The van der Waals surface area contributed by atoms with Crippen molar-refractivity contribution in [2.45, 2.75) is 32.9 Å². The molecule has 1 aliphatic heterocycles. The molecular formula is C23H27FN8O3. The number of carbonyl (C=O) groups excluding carboxylic acids is 2. The average Bonchev–Trinajstić information content (AvgIpc) is 3.37. The van der Waals surface area contributed by atoms with Crippen molar-refractivity contribution >= 4 is 17.8 Å². The number of rotatable bonds is 6. The number of nitrogens with one attached hydrogen (secondary N) is 1. The Bertz CT molecular complexity index is 1250. The molecule has 1 aliphatic rings. The highest BCUT2D eigenvalue weighted by Crippen LogP contribution is 2.25. The minimum Gasteiger partial charge on any atom is -0.394 e. The highest BCUT2D eigenvalue weighted by molar-refractivity contribution is 6.04. The summed E-state index contributed by atoms with van der Waals surface area (Å²) in [5, 5.41) is 23.5. The second-order valence-electron chi connectivity index (χ2n) is 8.41. The molecule has 1 atom stereocenters. The minimum atomic E-state index is -0.660. The Morgan fingerprint density at radius 2 is 2.09 bits per heavy atom. The molecule has 11 nitrogen and oxygen atoms in total. The lowest BCUT2D eigenvalue weighted by atomic mass is 9.96. The summed E-state index contributed by atoms with van der Waals surface area (Å²) in [7, 11) is 1.73. The van der Waals surface area contributed by atoms with E-state index in [2.05, 4.69) is 25.8 Å². The van der Waals surface area contributed by atoms with Gasteiger partial charge in [0.2, 0.25) is 5.82 Å². The van der Waals surface area contributed by atoms with Gasteiger partial charge in [0.15, 0.2) is 0 Å². The smallest absolute Gasteiger partial charge is 0.320 e. The SMILES string of the molecule is CCN(C)C(=O)N1CCc2cc(F)c(C(=O)Nc3cccc(-c4nnnn4[C@H](C)CO)n3)cc2C1. The van der Waals surface area contributed by atoms with Crippen molar-refractivity contribution in [2.75, 3.05) is 32.1 Å². The number of halogens is 1. The minimum absolute atomic E-state index is 0.104. The molecule has 1 aromatic carbocycles. The first-order valence-corrected chi connectivity index (χ1v) is 11.3. The number of pyridine rings is 1. The average molecular weight is 483 g/mol. The van der Waals surface area contributed by atoms with Crippen LogP contribution in [0.4, 0.5) is 15.0 Å². The number of amides is 3. The number of nitrogens with zero attached hydrogens (tertiary/aromatic N) is 7. The number of hydrogen-bond acceptors (Lipinski definition) is 7. The van der Waals surface area contributed by atoms with Crippen LogP contribution < -0.4 is 5.32 Å². The lowest BCUT2D eigenvalue weighted by molar-refractivity contribution is 0.102. The van der Waals surface area contributed by atoms with E-state index in [-0.39, 0.29) is 30.1 Å². The largest absolute Gasteiger partial charge is 0.394 e. The summed E-state index contributed by atoms with van der Waals surface area (Å²) in [5.41, 5.74) is 1.77. The topological polar surface area (TPSA) is 129 Å². The molecule has 0 unspecified atom stereocenters. The predicted octanol–water partition coefficient (Wildman–Crippen LogP) is 2.11. The molecular weight excluding hydrogens is 455 g/mol. The van der Waals surface area contributed by atoms with Gasteiger partial charge in [-0.15, -0.1) is 5.10 Å². The molecule has 3 aromatic rings. The van der Waals surface area contributed by atoms with Crippen LogP contribution in [0.3, 0.4) is 0 Å². The molecule has 3 heterocycles. The second-order valence-corrected chi connectivity index (χ2v) is 8.41. The Morgan fingerprint density at radius 1 is 1.29 bits per heavy atom. The number of urea groups is 1. The lowest BCUT2D eigenvalue weighted by Crippen LogP contribution is -2.43. The molecule has 0 saturated carbocycles. The van der Waals surface area contributed by atoms with E-state index in [0.29, 0.717) is 37.6 Å². The summed E-state index contributed by atoms with van der Waals surface area (Å²) in [5.74, 6) is -0.780. The quantitative estimate of drug-likeness (QED) is 0.550. The third-order valence-corrected chi connectivity index (χ3v) is 6.01. The molecule has 0 aliphatic carbocycles. The van der Waals surface area contributed by atoms with E-state index < -0.39 is 11.7 Å². The van der Waals surface area contributed by atoms with E-state index in [1.165, 1.54) is 16.8 Å². The van der Waals surface area contributed by atoms with Crippen molar-refractivity contribution in [3.05, 3.63) is 52.8 Å². The van der Waals surface area contributed by atoms with Crippen LogP contribution >= 0.6 is 0 Å². The highest BCUT2D eigenvalue weighted by Gasteiger charge is 2.25. The zero-order valence-corrected chi connectivity index (χ0v) is 19.8. The Hall–Kier alpha value is -3.93. The third kappa shape index (κ3) is 4.97. The van der Waals surface area contributed by atoms with Crippen molar-refractivity contribution in [1.82, 2.24) is 35.0 Å². The van der Waals surface area contributed by atoms with Gasteiger partial charge >= 0.3 is 6.03 Å². The molecule has 4 rings (SSSR count). The highest BCUT2D eigenvalue weighted by atomic mass is 19.1. The van der Waals surface area contributed by atoms with Crippen LogP contribution in [0.2, 0.25) is 0 Å². The van der Waals surface area contributed by atoms with Crippen LogP contribution in [-0.2, 0) is 13.0 Å². The molecule has 0 spiro atoms. The van der Waals surface area contributed by atoms with Crippen molar-refractivity contribution in [2.24, 2.45) is 0 Å². The summed E-state index contributed by atoms with van der Waals surface area (Å²) < 4.78 is 16.3. The molecule has 35 heavy (non-hydrogen) atoms. The fourth-order valence-corrected chi connectivity index (χ4v) is 3.84. The summed E-state index contributed by atoms with van der Waals surface area (Å²) in [4.78, 5) is 33.2. The van der Waals surface area contributed by atoms with E-state index in [1.807, 2.05) is 6.92 Å². The van der Waals surface area contributed by atoms with Gasteiger partial charge in [0.1, 0.15) is 17.3 Å². The second kappa shape index (κ2) is 10.1. The number of aliphatic hydroxyl groups excluding tert-OH is 1. The number of hydrogen-bond donors (Lipinski definition) is 2. The molecule has 0 fully saturated rings. The normalized spacial score (nSPS) is 13.8. The molecule has 2 N–H and O–H groups in total. The number of carbonyl (C=O) groups is 2. The first kappa shape index (κ1) is 24.2. The number of tetrazole rings is 1. The van der Waals surface area contributed by atoms with Gasteiger partial charge in [0.05, 0.1) is 18.2 Å². The van der Waals surface area contributed by atoms with Crippen LogP contribution in [-0.4, -0.2) is 78.8 Å². The van der Waals surface area contributed by atoms with Crippen LogP contribution in [0.1, 0.15) is 41.4 Å². The van der Waals surface area contributed by atoms with Gasteiger partial charge in [-0.3, -0.25) is 4.79 Å². The number of benzene rings is 1. The zero-order chi connectivity index (χ0) is 25.1. The fraction of sp³-hybridized carbons (Fsp3) is 0.391. The van der Waals surface area contributed by atoms with Gasteiger partial charge in [-0.2, -0.15) is 0 Å².